The minimum absolute atomic E-state index is 0. The van der Waals surface area contributed by atoms with Crippen molar-refractivity contribution < 1.29 is 172 Å². The Hall–Kier alpha value is 1.38. The van der Waals surface area contributed by atoms with E-state index < -0.39 is 62.4 Å². The van der Waals surface area contributed by atoms with Crippen molar-refractivity contribution >= 4 is 62.4 Å². The molecule has 0 atom stereocenters. The van der Waals surface area contributed by atoms with Crippen molar-refractivity contribution in [2.75, 3.05) is 0 Å². The monoisotopic (exact) mass is 681 g/mol. The Morgan fingerprint density at radius 2 is 0.531 bits per heavy atom. The topological polar surface area (TPSA) is 390 Å². The van der Waals surface area contributed by atoms with Gasteiger partial charge in [-0.2, -0.15) is 25.3 Å². The molecule has 0 rings (SSSR count). The second kappa shape index (κ2) is 16.9. The normalized spacial score (nSPS) is 12.6. The van der Waals surface area contributed by atoms with Crippen LogP contribution in [0.1, 0.15) is 0 Å². The fraction of sp³-hybridized carbons (Fsp3) is 0. The maximum absolute atomic E-state index is 9.48. The van der Waals surface area contributed by atoms with Gasteiger partial charge in [-0.05, 0) is 0 Å². The molecule has 0 aromatic rings. The quantitative estimate of drug-likeness (QED) is 0.0668. The molecule has 0 saturated carbocycles. The van der Waals surface area contributed by atoms with E-state index in [1.807, 2.05) is 0 Å². The molecule has 0 fully saturated rings. The summed E-state index contributed by atoms with van der Waals surface area (Å²) in [4.78, 5) is 0. The van der Waals surface area contributed by atoms with Crippen molar-refractivity contribution in [1.29, 1.82) is 0 Å². The molecule has 0 aliphatic carbocycles. The van der Waals surface area contributed by atoms with Crippen molar-refractivity contribution in [3.8, 4) is 0 Å². The van der Waals surface area contributed by atoms with Crippen molar-refractivity contribution in [2.45, 2.75) is 0 Å². The molecule has 32 heavy (non-hydrogen) atoms. The van der Waals surface area contributed by atoms with E-state index in [0.29, 0.717) is 0 Å². The molecule has 0 heterocycles. The molecular formula is H3CuKO24S6. The van der Waals surface area contributed by atoms with E-state index in [4.69, 9.17) is 13.7 Å². The molecule has 0 amide bonds. The summed E-state index contributed by atoms with van der Waals surface area (Å²) in [5.41, 5.74) is 0. The molecule has 195 valence electrons. The Morgan fingerprint density at radius 3 is 0.562 bits per heavy atom. The summed E-state index contributed by atoms with van der Waals surface area (Å²) in [5.74, 6) is 0. The van der Waals surface area contributed by atoms with E-state index in [0.717, 1.165) is 0 Å². The van der Waals surface area contributed by atoms with Gasteiger partial charge in [0, 0.05) is 0 Å². The van der Waals surface area contributed by atoms with Crippen LogP contribution < -0.4 is 51.4 Å². The standard InChI is InChI=1S/Cu.K.3H2O8S2/c;;3*1-9(2,3)7-8-10(4,5)6/h;;3*(H,1,2,3)(H,4,5,6)/q+2;+1;;;/p-3. The smallest absolute Gasteiger partial charge is 0.724 e. The molecule has 24 nitrogen and oxygen atoms in total. The second-order valence-electron chi connectivity index (χ2n) is 2.92. The fourth-order valence-corrected chi connectivity index (χ4v) is 1.87. The first-order valence-electron chi connectivity index (χ1n) is 4.55. The van der Waals surface area contributed by atoms with E-state index >= 15 is 0 Å². The average molecular weight is 682 g/mol. The molecular weight excluding hydrogens is 679 g/mol. The molecule has 32 heteroatoms. The Kier molecular flexibility index (Phi) is 23.0. The van der Waals surface area contributed by atoms with Crippen LogP contribution in [0.2, 0.25) is 0 Å². The van der Waals surface area contributed by atoms with Gasteiger partial charge >= 0.3 is 99.7 Å². The van der Waals surface area contributed by atoms with E-state index in [-0.39, 0.29) is 68.5 Å². The second-order valence-corrected chi connectivity index (χ2v) is 8.75. The van der Waals surface area contributed by atoms with Crippen LogP contribution in [0.4, 0.5) is 0 Å². The maximum atomic E-state index is 9.48. The molecule has 1 radical (unpaired) electrons. The molecule has 0 unspecified atom stereocenters. The van der Waals surface area contributed by atoms with Crippen LogP contribution in [-0.4, -0.2) is 77.8 Å². The van der Waals surface area contributed by atoms with Crippen LogP contribution in [0, 0.1) is 0 Å². The van der Waals surface area contributed by atoms with Gasteiger partial charge in [0.25, 0.3) is 0 Å². The molecule has 0 bridgehead atoms. The van der Waals surface area contributed by atoms with Gasteiger partial charge in [-0.1, -0.05) is 26.0 Å². The van der Waals surface area contributed by atoms with Crippen LogP contribution in [0.15, 0.2) is 0 Å². The van der Waals surface area contributed by atoms with Crippen LogP contribution >= 0.6 is 0 Å². The number of hydrogen-bond acceptors (Lipinski definition) is 21. The van der Waals surface area contributed by atoms with Gasteiger partial charge in [0.15, 0.2) is 0 Å². The van der Waals surface area contributed by atoms with Gasteiger partial charge < -0.3 is 13.7 Å². The summed E-state index contributed by atoms with van der Waals surface area (Å²) in [6.45, 7) is 0. The van der Waals surface area contributed by atoms with Gasteiger partial charge in [0.2, 0.25) is 31.2 Å². The predicted molar refractivity (Wildman–Crippen MR) is 70.2 cm³/mol. The van der Waals surface area contributed by atoms with Crippen LogP contribution in [0.25, 0.3) is 0 Å². The summed E-state index contributed by atoms with van der Waals surface area (Å²) in [6, 6.07) is 0. The first-order valence-corrected chi connectivity index (χ1v) is 12.6. The minimum Gasteiger partial charge on any atom is -0.724 e. The van der Waals surface area contributed by atoms with Gasteiger partial charge in [0.1, 0.15) is 0 Å². The third-order valence-electron chi connectivity index (χ3n) is 0.591. The van der Waals surface area contributed by atoms with Crippen molar-refractivity contribution in [1.82, 2.24) is 0 Å². The molecule has 0 spiro atoms. The van der Waals surface area contributed by atoms with Gasteiger partial charge in [-0.25, -0.2) is 25.3 Å². The predicted octanol–water partition coefficient (Wildman–Crippen LogP) is -8.41. The number of rotatable bonds is 9. The summed E-state index contributed by atoms with van der Waals surface area (Å²) in [6.07, 6.45) is 0. The van der Waals surface area contributed by atoms with Gasteiger partial charge in [-0.15, -0.1) is 0 Å². The van der Waals surface area contributed by atoms with Crippen LogP contribution in [-0.2, 0) is 105 Å². The van der Waals surface area contributed by atoms with Gasteiger partial charge in [-0.3, -0.25) is 13.7 Å². The molecule has 0 aromatic carbocycles. The molecule has 0 aliphatic rings. The summed E-state index contributed by atoms with van der Waals surface area (Å²) >= 11 is 0. The van der Waals surface area contributed by atoms with Crippen LogP contribution in [0.3, 0.4) is 0 Å². The SMILES string of the molecule is O=S(=O)([O-])OOS(=O)(=O)O.O=S(=O)([O-])OOS(=O)(=O)O.O=S(=O)([O-])OOS(=O)(=O)O.[Cu+2].[K+]. The molecule has 3 N–H and O–H groups in total. The molecule has 0 aliphatic heterocycles. The van der Waals surface area contributed by atoms with E-state index in [9.17, 15) is 64.2 Å². The van der Waals surface area contributed by atoms with Crippen molar-refractivity contribution in [2.24, 2.45) is 0 Å². The third-order valence-corrected chi connectivity index (χ3v) is 2.27. The van der Waals surface area contributed by atoms with E-state index in [1.54, 1.807) is 0 Å². The zero-order valence-electron chi connectivity index (χ0n) is 13.7. The zero-order valence-corrected chi connectivity index (χ0v) is 22.6. The largest absolute Gasteiger partial charge is 2.00 e. The van der Waals surface area contributed by atoms with Gasteiger partial charge in [0.05, 0.1) is 0 Å². The summed E-state index contributed by atoms with van der Waals surface area (Å²) in [5, 5.41) is 0. The fourth-order valence-electron chi connectivity index (χ4n) is 0.207. The Labute approximate surface area is 231 Å². The maximum Gasteiger partial charge on any atom is 2.00 e. The zero-order chi connectivity index (χ0) is 25.2. The Morgan fingerprint density at radius 1 is 0.406 bits per heavy atom. The third kappa shape index (κ3) is 57.8. The van der Waals surface area contributed by atoms with Crippen molar-refractivity contribution in [3.63, 3.8) is 0 Å². The summed E-state index contributed by atoms with van der Waals surface area (Å²) in [7, 11) is -31.0. The van der Waals surface area contributed by atoms with E-state index in [1.165, 1.54) is 0 Å². The first-order chi connectivity index (χ1) is 12.6. The molecule has 0 aromatic heterocycles. The average Bonchev–Trinajstić information content (AvgIpc) is 2.38. The first kappa shape index (κ1) is 43.4. The van der Waals surface area contributed by atoms with Crippen molar-refractivity contribution in [3.05, 3.63) is 0 Å². The number of hydrogen-bond donors (Lipinski definition) is 3. The van der Waals surface area contributed by atoms with E-state index in [2.05, 4.69) is 26.0 Å². The minimum atomic E-state index is -5.27. The van der Waals surface area contributed by atoms with Crippen LogP contribution in [0.5, 0.6) is 0 Å². The Balaban J connectivity index is -0.000000110. The summed E-state index contributed by atoms with van der Waals surface area (Å²) < 4.78 is 180. The Bertz CT molecular complexity index is 895. The molecule has 0 saturated heterocycles.